The van der Waals surface area contributed by atoms with Crippen LogP contribution in [0.5, 0.6) is 5.75 Å². The summed E-state index contributed by atoms with van der Waals surface area (Å²) < 4.78 is 32.9. The van der Waals surface area contributed by atoms with Crippen molar-refractivity contribution in [3.63, 3.8) is 0 Å². The Morgan fingerprint density at radius 2 is 1.95 bits per heavy atom. The van der Waals surface area contributed by atoms with Crippen molar-refractivity contribution in [2.45, 2.75) is 30.7 Å². The van der Waals surface area contributed by atoms with Gasteiger partial charge in [-0.05, 0) is 55.9 Å². The monoisotopic (exact) mass is 293 g/mol. The number of allylic oxidation sites excluding steroid dienone is 1. The van der Waals surface area contributed by atoms with Gasteiger partial charge in [0.25, 0.3) is 0 Å². The minimum atomic E-state index is -3.44. The fourth-order valence-electron chi connectivity index (χ4n) is 3.07. The number of fused-ring (bicyclic) bond motifs is 2. The highest BCUT2D eigenvalue weighted by Gasteiger charge is 2.37. The van der Waals surface area contributed by atoms with Crippen molar-refractivity contribution in [1.82, 2.24) is 4.72 Å². The van der Waals surface area contributed by atoms with Crippen molar-refractivity contribution >= 4 is 10.0 Å². The van der Waals surface area contributed by atoms with Gasteiger partial charge in [0.2, 0.25) is 10.0 Å². The average molecular weight is 293 g/mol. The highest BCUT2D eigenvalue weighted by atomic mass is 32.2. The van der Waals surface area contributed by atoms with Crippen LogP contribution in [0.25, 0.3) is 0 Å². The summed E-state index contributed by atoms with van der Waals surface area (Å²) in [7, 11) is -3.44. The maximum atomic E-state index is 12.4. The normalized spacial score (nSPS) is 27.9. The first kappa shape index (κ1) is 13.6. The third-order valence-electron chi connectivity index (χ3n) is 4.03. The van der Waals surface area contributed by atoms with E-state index in [2.05, 4.69) is 16.9 Å². The van der Waals surface area contributed by atoms with E-state index in [9.17, 15) is 8.42 Å². The van der Waals surface area contributed by atoms with E-state index >= 15 is 0 Å². The largest absolute Gasteiger partial charge is 0.494 e. The number of sulfonamides is 1. The molecule has 1 fully saturated rings. The van der Waals surface area contributed by atoms with E-state index in [0.29, 0.717) is 29.1 Å². The Hall–Kier alpha value is -1.33. The molecular formula is C15H19NO3S. The van der Waals surface area contributed by atoms with Crippen LogP contribution >= 0.6 is 0 Å². The summed E-state index contributed by atoms with van der Waals surface area (Å²) in [6.07, 6.45) is 6.33. The molecule has 5 heteroatoms. The smallest absolute Gasteiger partial charge is 0.240 e. The molecule has 3 rings (SSSR count). The first-order valence-electron chi connectivity index (χ1n) is 7.02. The van der Waals surface area contributed by atoms with Crippen LogP contribution in [0.3, 0.4) is 0 Å². The van der Waals surface area contributed by atoms with Gasteiger partial charge < -0.3 is 4.74 Å². The lowest BCUT2D eigenvalue weighted by atomic mass is 10.0. The Balaban J connectivity index is 1.73. The number of nitrogens with one attached hydrogen (secondary N) is 1. The molecule has 1 aromatic carbocycles. The predicted molar refractivity (Wildman–Crippen MR) is 77.1 cm³/mol. The molecule has 4 nitrogen and oxygen atoms in total. The molecule has 2 aliphatic carbocycles. The number of benzene rings is 1. The van der Waals surface area contributed by atoms with E-state index in [1.165, 1.54) is 0 Å². The second-order valence-electron chi connectivity index (χ2n) is 5.41. The molecule has 1 N–H and O–H groups in total. The molecule has 0 saturated heterocycles. The van der Waals surface area contributed by atoms with E-state index < -0.39 is 10.0 Å². The lowest BCUT2D eigenvalue weighted by Crippen LogP contribution is -2.37. The summed E-state index contributed by atoms with van der Waals surface area (Å²) in [5, 5.41) is 0. The van der Waals surface area contributed by atoms with Gasteiger partial charge in [-0.25, -0.2) is 13.1 Å². The van der Waals surface area contributed by atoms with Crippen LogP contribution < -0.4 is 9.46 Å². The van der Waals surface area contributed by atoms with Crippen LogP contribution in [0, 0.1) is 11.8 Å². The second kappa shape index (κ2) is 5.22. The van der Waals surface area contributed by atoms with Gasteiger partial charge >= 0.3 is 0 Å². The first-order chi connectivity index (χ1) is 9.58. The average Bonchev–Trinajstić information content (AvgIpc) is 3.01. The lowest BCUT2D eigenvalue weighted by molar-refractivity contribution is 0.340. The molecule has 0 aromatic heterocycles. The van der Waals surface area contributed by atoms with E-state index in [1.807, 2.05) is 6.92 Å². The van der Waals surface area contributed by atoms with Crippen LogP contribution in [-0.4, -0.2) is 21.1 Å². The zero-order valence-corrected chi connectivity index (χ0v) is 12.3. The highest BCUT2D eigenvalue weighted by Crippen LogP contribution is 2.39. The Morgan fingerprint density at radius 1 is 1.20 bits per heavy atom. The molecule has 0 aliphatic heterocycles. The van der Waals surface area contributed by atoms with Gasteiger partial charge in [-0.1, -0.05) is 12.2 Å². The Labute approximate surface area is 119 Å². The SMILES string of the molecule is CCOc1ccc(S(=O)(=O)NC2CC3C=CC2C3)cc1. The van der Waals surface area contributed by atoms with Gasteiger partial charge in [-0.3, -0.25) is 0 Å². The molecule has 2 aliphatic rings. The molecule has 1 saturated carbocycles. The van der Waals surface area contributed by atoms with Gasteiger partial charge in [0, 0.05) is 6.04 Å². The Kier molecular flexibility index (Phi) is 3.56. The van der Waals surface area contributed by atoms with Crippen LogP contribution in [-0.2, 0) is 10.0 Å². The number of ether oxygens (including phenoxy) is 1. The minimum Gasteiger partial charge on any atom is -0.494 e. The zero-order valence-electron chi connectivity index (χ0n) is 11.5. The molecule has 2 bridgehead atoms. The Bertz CT molecular complexity index is 607. The summed E-state index contributed by atoms with van der Waals surface area (Å²) in [6.45, 7) is 2.47. The molecule has 0 spiro atoms. The summed E-state index contributed by atoms with van der Waals surface area (Å²) in [4.78, 5) is 0.299. The predicted octanol–water partition coefficient (Wildman–Crippen LogP) is 2.33. The van der Waals surface area contributed by atoms with E-state index in [1.54, 1.807) is 24.3 Å². The van der Waals surface area contributed by atoms with E-state index in [-0.39, 0.29) is 6.04 Å². The van der Waals surface area contributed by atoms with Gasteiger partial charge in [0.05, 0.1) is 11.5 Å². The van der Waals surface area contributed by atoms with E-state index in [0.717, 1.165) is 12.8 Å². The third kappa shape index (κ3) is 2.60. The van der Waals surface area contributed by atoms with Crippen LogP contribution in [0.1, 0.15) is 19.8 Å². The van der Waals surface area contributed by atoms with Gasteiger partial charge in [0.1, 0.15) is 5.75 Å². The van der Waals surface area contributed by atoms with E-state index in [4.69, 9.17) is 4.74 Å². The number of hydrogen-bond acceptors (Lipinski definition) is 3. The fraction of sp³-hybridized carbons (Fsp3) is 0.467. The van der Waals surface area contributed by atoms with Crippen molar-refractivity contribution in [2.24, 2.45) is 11.8 Å². The molecule has 1 aromatic rings. The molecule has 20 heavy (non-hydrogen) atoms. The van der Waals surface area contributed by atoms with Crippen molar-refractivity contribution in [3.05, 3.63) is 36.4 Å². The highest BCUT2D eigenvalue weighted by molar-refractivity contribution is 7.89. The quantitative estimate of drug-likeness (QED) is 0.848. The summed E-state index contributed by atoms with van der Waals surface area (Å²) in [6, 6.07) is 6.62. The maximum absolute atomic E-state index is 12.4. The molecule has 3 unspecified atom stereocenters. The zero-order chi connectivity index (χ0) is 14.2. The van der Waals surface area contributed by atoms with Crippen molar-refractivity contribution in [1.29, 1.82) is 0 Å². The van der Waals surface area contributed by atoms with Crippen LogP contribution in [0.4, 0.5) is 0 Å². The van der Waals surface area contributed by atoms with Crippen molar-refractivity contribution in [2.75, 3.05) is 6.61 Å². The first-order valence-corrected chi connectivity index (χ1v) is 8.50. The van der Waals surface area contributed by atoms with Crippen LogP contribution in [0.15, 0.2) is 41.3 Å². The molecule has 0 amide bonds. The van der Waals surface area contributed by atoms with Gasteiger partial charge in [-0.15, -0.1) is 0 Å². The maximum Gasteiger partial charge on any atom is 0.240 e. The number of hydrogen-bond donors (Lipinski definition) is 1. The van der Waals surface area contributed by atoms with Gasteiger partial charge in [-0.2, -0.15) is 0 Å². The second-order valence-corrected chi connectivity index (χ2v) is 7.13. The van der Waals surface area contributed by atoms with Crippen molar-refractivity contribution in [3.8, 4) is 5.75 Å². The summed E-state index contributed by atoms with van der Waals surface area (Å²) in [5.74, 6) is 1.60. The molecule has 3 atom stereocenters. The number of rotatable bonds is 5. The minimum absolute atomic E-state index is 0.0431. The Morgan fingerprint density at radius 3 is 2.50 bits per heavy atom. The summed E-state index contributed by atoms with van der Waals surface area (Å²) >= 11 is 0. The molecule has 0 radical (unpaired) electrons. The fourth-order valence-corrected chi connectivity index (χ4v) is 4.37. The van der Waals surface area contributed by atoms with Gasteiger partial charge in [0.15, 0.2) is 0 Å². The molecule has 0 heterocycles. The lowest BCUT2D eigenvalue weighted by Gasteiger charge is -2.19. The summed E-state index contributed by atoms with van der Waals surface area (Å²) in [5.41, 5.74) is 0. The standard InChI is InChI=1S/C15H19NO3S/c1-2-19-13-5-7-14(8-6-13)20(17,18)16-15-10-11-3-4-12(15)9-11/h3-8,11-12,15-16H,2,9-10H2,1H3. The third-order valence-corrected chi connectivity index (χ3v) is 5.54. The van der Waals surface area contributed by atoms with Crippen molar-refractivity contribution < 1.29 is 13.2 Å². The topological polar surface area (TPSA) is 55.4 Å². The molecule has 108 valence electrons. The molecular weight excluding hydrogens is 274 g/mol. The van der Waals surface area contributed by atoms with Crippen LogP contribution in [0.2, 0.25) is 0 Å².